The van der Waals surface area contributed by atoms with Gasteiger partial charge in [-0.25, -0.2) is 14.4 Å². The zero-order valence-corrected chi connectivity index (χ0v) is 18.9. The van der Waals surface area contributed by atoms with Crippen LogP contribution >= 0.6 is 34.8 Å². The second-order valence-electron chi connectivity index (χ2n) is 7.36. The van der Waals surface area contributed by atoms with Gasteiger partial charge >= 0.3 is 0 Å². The van der Waals surface area contributed by atoms with Crippen molar-refractivity contribution in [3.8, 4) is 11.5 Å². The minimum atomic E-state index is -1.15. The van der Waals surface area contributed by atoms with Crippen LogP contribution in [0.4, 0.5) is 15.9 Å². The Hall–Kier alpha value is -2.10. The van der Waals surface area contributed by atoms with Crippen LogP contribution < -0.4 is 14.8 Å². The van der Waals surface area contributed by atoms with E-state index in [0.717, 1.165) is 0 Å². The summed E-state index contributed by atoms with van der Waals surface area (Å²) in [6, 6.07) is 6.82. The van der Waals surface area contributed by atoms with Gasteiger partial charge in [-0.1, -0.05) is 34.8 Å². The van der Waals surface area contributed by atoms with E-state index in [-0.39, 0.29) is 23.3 Å². The highest BCUT2D eigenvalue weighted by atomic mass is 35.5. The molecule has 2 saturated heterocycles. The molecule has 0 spiro atoms. The van der Waals surface area contributed by atoms with Gasteiger partial charge in [-0.15, -0.1) is 0 Å². The smallest absolute Gasteiger partial charge is 0.164 e. The predicted molar refractivity (Wildman–Crippen MR) is 120 cm³/mol. The molecule has 1 N–H and O–H groups in total. The Morgan fingerprint density at radius 3 is 2.66 bits per heavy atom. The maximum Gasteiger partial charge on any atom is 0.164 e. The Morgan fingerprint density at radius 1 is 1.03 bits per heavy atom. The summed E-state index contributed by atoms with van der Waals surface area (Å²) in [4.78, 5) is 8.66. The van der Waals surface area contributed by atoms with Crippen LogP contribution in [0.1, 0.15) is 0 Å². The molecule has 0 aliphatic carbocycles. The number of alkyl halides is 1. The number of benzene rings is 2. The van der Waals surface area contributed by atoms with E-state index in [4.69, 9.17) is 53.8 Å². The van der Waals surface area contributed by atoms with Crippen LogP contribution in [0.2, 0.25) is 15.1 Å². The lowest BCUT2D eigenvalue weighted by atomic mass is 10.1. The molecule has 4 atom stereocenters. The number of nitrogens with one attached hydrogen (secondary N) is 1. The maximum atomic E-state index is 13.9. The van der Waals surface area contributed by atoms with Gasteiger partial charge in [0.1, 0.15) is 24.4 Å². The Kier molecular flexibility index (Phi) is 5.90. The molecule has 2 aliphatic heterocycles. The third-order valence-electron chi connectivity index (χ3n) is 5.43. The first-order chi connectivity index (χ1) is 15.5. The van der Waals surface area contributed by atoms with Crippen LogP contribution in [0.3, 0.4) is 0 Å². The van der Waals surface area contributed by atoms with Crippen molar-refractivity contribution in [1.29, 1.82) is 0 Å². The normalized spacial score (nSPS) is 24.5. The van der Waals surface area contributed by atoms with E-state index >= 15 is 0 Å². The molecular weight excluding hydrogens is 484 g/mol. The molecule has 0 saturated carbocycles. The molecule has 168 valence electrons. The van der Waals surface area contributed by atoms with Gasteiger partial charge in [-0.05, 0) is 18.2 Å². The highest BCUT2D eigenvalue weighted by Gasteiger charge is 2.49. The van der Waals surface area contributed by atoms with E-state index in [0.29, 0.717) is 38.9 Å². The fourth-order valence-corrected chi connectivity index (χ4v) is 4.43. The van der Waals surface area contributed by atoms with Gasteiger partial charge in [0, 0.05) is 11.5 Å². The Labute approximate surface area is 197 Å². The first kappa shape index (κ1) is 21.7. The fraction of sp³-hybridized carbons (Fsp3) is 0.333. The number of anilines is 2. The number of hydrogen-bond donors (Lipinski definition) is 1. The molecule has 32 heavy (non-hydrogen) atoms. The van der Waals surface area contributed by atoms with Crippen molar-refractivity contribution >= 4 is 57.2 Å². The van der Waals surface area contributed by atoms with Crippen molar-refractivity contribution in [1.82, 2.24) is 9.97 Å². The van der Waals surface area contributed by atoms with E-state index in [1.54, 1.807) is 24.3 Å². The lowest BCUT2D eigenvalue weighted by molar-refractivity contribution is 0.0271. The summed E-state index contributed by atoms with van der Waals surface area (Å²) in [7, 11) is 1.53. The topological polar surface area (TPSA) is 74.7 Å². The van der Waals surface area contributed by atoms with E-state index in [1.165, 1.54) is 13.4 Å². The van der Waals surface area contributed by atoms with Crippen LogP contribution in [0, 0.1) is 0 Å². The Balaban J connectivity index is 1.47. The quantitative estimate of drug-likeness (QED) is 0.481. The van der Waals surface area contributed by atoms with Crippen LogP contribution in [0.25, 0.3) is 10.9 Å². The lowest BCUT2D eigenvalue weighted by Gasteiger charge is -2.20. The van der Waals surface area contributed by atoms with Gasteiger partial charge in [0.05, 0.1) is 46.6 Å². The number of methoxy groups -OCH3 is 1. The summed E-state index contributed by atoms with van der Waals surface area (Å²) in [5.74, 6) is 1.38. The molecule has 2 fully saturated rings. The molecule has 2 unspecified atom stereocenters. The van der Waals surface area contributed by atoms with Crippen molar-refractivity contribution < 1.29 is 23.3 Å². The largest absolute Gasteiger partial charge is 0.493 e. The van der Waals surface area contributed by atoms with Crippen molar-refractivity contribution in [2.75, 3.05) is 25.6 Å². The number of ether oxygens (including phenoxy) is 4. The molecule has 2 aromatic carbocycles. The number of halogens is 4. The molecule has 0 bridgehead atoms. The molecule has 11 heteroatoms. The summed E-state index contributed by atoms with van der Waals surface area (Å²) < 4.78 is 36.5. The molecule has 1 aromatic heterocycles. The first-order valence-electron chi connectivity index (χ1n) is 9.73. The molecule has 0 amide bonds. The van der Waals surface area contributed by atoms with Crippen molar-refractivity contribution in [2.45, 2.75) is 24.5 Å². The van der Waals surface area contributed by atoms with Gasteiger partial charge in [0.15, 0.2) is 23.8 Å². The summed E-state index contributed by atoms with van der Waals surface area (Å²) in [5.41, 5.74) is 1.13. The van der Waals surface area contributed by atoms with E-state index in [2.05, 4.69) is 15.3 Å². The number of nitrogens with zero attached hydrogens (tertiary/aromatic N) is 2. The minimum Gasteiger partial charge on any atom is -0.493 e. The zero-order chi connectivity index (χ0) is 22.4. The second kappa shape index (κ2) is 8.68. The van der Waals surface area contributed by atoms with Gasteiger partial charge in [0.25, 0.3) is 0 Å². The van der Waals surface area contributed by atoms with Gasteiger partial charge in [-0.3, -0.25) is 0 Å². The molecule has 7 nitrogen and oxygen atoms in total. The molecule has 0 radical (unpaired) electrons. The van der Waals surface area contributed by atoms with Crippen LogP contribution in [-0.2, 0) is 9.47 Å². The molecule has 3 aromatic rings. The average Bonchev–Trinajstić information content (AvgIpc) is 3.37. The number of aromatic nitrogens is 2. The molecular formula is C21H17Cl3FN3O4. The fourth-order valence-electron chi connectivity index (χ4n) is 3.85. The maximum absolute atomic E-state index is 13.9. The SMILES string of the molecule is COc1cc2c(Nc3ccc(Cl)c(Cl)c3Cl)ncnc2cc1OC1CO[C@H]2C(F)CO[C@@H]12. The summed E-state index contributed by atoms with van der Waals surface area (Å²) >= 11 is 18.5. The predicted octanol–water partition coefficient (Wildman–Crippen LogP) is 5.23. The highest BCUT2D eigenvalue weighted by molar-refractivity contribution is 6.49. The summed E-state index contributed by atoms with van der Waals surface area (Å²) in [6.07, 6.45) is -1.27. The Morgan fingerprint density at radius 2 is 1.84 bits per heavy atom. The number of hydrogen-bond acceptors (Lipinski definition) is 7. The van der Waals surface area contributed by atoms with Gasteiger partial charge in [0.2, 0.25) is 0 Å². The first-order valence-corrected chi connectivity index (χ1v) is 10.9. The zero-order valence-electron chi connectivity index (χ0n) is 16.6. The monoisotopic (exact) mass is 499 g/mol. The Bertz CT molecular complexity index is 1180. The molecule has 2 aliphatic rings. The molecule has 5 rings (SSSR count). The minimum absolute atomic E-state index is 0.00355. The third-order valence-corrected chi connectivity index (χ3v) is 6.73. The summed E-state index contributed by atoms with van der Waals surface area (Å²) in [6.45, 7) is 0.229. The van der Waals surface area contributed by atoms with E-state index in [1.807, 2.05) is 0 Å². The second-order valence-corrected chi connectivity index (χ2v) is 8.52. The lowest BCUT2D eigenvalue weighted by Crippen LogP contribution is -2.33. The van der Waals surface area contributed by atoms with Crippen molar-refractivity contribution in [3.63, 3.8) is 0 Å². The standard InChI is InChI=1S/C21H17Cl3FN3O4/c1-29-14-4-9-13(5-15(14)32-16-7-31-19-11(25)6-30-20(16)19)26-8-27-21(9)28-12-3-2-10(22)17(23)18(12)24/h2-5,8,11,16,19-20H,6-7H2,1H3,(H,26,27,28)/t11?,16?,19-,20-/m0/s1. The van der Waals surface area contributed by atoms with E-state index < -0.39 is 24.5 Å². The van der Waals surface area contributed by atoms with E-state index in [9.17, 15) is 4.39 Å². The number of rotatable bonds is 5. The average molecular weight is 501 g/mol. The van der Waals surface area contributed by atoms with Crippen LogP contribution in [0.5, 0.6) is 11.5 Å². The van der Waals surface area contributed by atoms with Crippen molar-refractivity contribution in [3.05, 3.63) is 45.7 Å². The number of fused-ring (bicyclic) bond motifs is 2. The van der Waals surface area contributed by atoms with Crippen molar-refractivity contribution in [2.24, 2.45) is 0 Å². The highest BCUT2D eigenvalue weighted by Crippen LogP contribution is 2.40. The van der Waals surface area contributed by atoms with Gasteiger partial charge in [-0.2, -0.15) is 0 Å². The van der Waals surface area contributed by atoms with Crippen LogP contribution in [-0.4, -0.2) is 54.8 Å². The van der Waals surface area contributed by atoms with Crippen LogP contribution in [0.15, 0.2) is 30.6 Å². The molecule has 3 heterocycles. The third kappa shape index (κ3) is 3.80. The van der Waals surface area contributed by atoms with Gasteiger partial charge < -0.3 is 24.3 Å². The summed E-state index contributed by atoms with van der Waals surface area (Å²) in [5, 5.41) is 4.69.